The van der Waals surface area contributed by atoms with Gasteiger partial charge in [0.15, 0.2) is 5.82 Å². The van der Waals surface area contributed by atoms with Crippen molar-refractivity contribution in [3.05, 3.63) is 65.2 Å². The quantitative estimate of drug-likeness (QED) is 0.751. The Labute approximate surface area is 94.7 Å². The van der Waals surface area contributed by atoms with Gasteiger partial charge in [-0.1, -0.05) is 6.07 Å². The van der Waals surface area contributed by atoms with Crippen molar-refractivity contribution >= 4 is 5.78 Å². The van der Waals surface area contributed by atoms with Gasteiger partial charge in [-0.3, -0.25) is 4.79 Å². The summed E-state index contributed by atoms with van der Waals surface area (Å²) in [5.74, 6) is -4.11. The van der Waals surface area contributed by atoms with Gasteiger partial charge in [-0.2, -0.15) is 0 Å². The minimum absolute atomic E-state index is 0.600. The molecule has 0 N–H and O–H groups in total. The molecule has 0 saturated heterocycles. The molecule has 1 aromatic carbocycles. The molecular formula is C12H6F3NO. The van der Waals surface area contributed by atoms with Gasteiger partial charge in [0.25, 0.3) is 0 Å². The second-order valence-corrected chi connectivity index (χ2v) is 3.26. The van der Waals surface area contributed by atoms with E-state index in [1.165, 1.54) is 12.3 Å². The highest BCUT2D eigenvalue weighted by Gasteiger charge is 2.22. The van der Waals surface area contributed by atoms with Crippen molar-refractivity contribution < 1.29 is 18.0 Å². The van der Waals surface area contributed by atoms with Gasteiger partial charge in [-0.15, -0.1) is 0 Å². The highest BCUT2D eigenvalue weighted by Crippen LogP contribution is 2.17. The van der Waals surface area contributed by atoms with Gasteiger partial charge in [-0.25, -0.2) is 18.2 Å². The number of rotatable bonds is 2. The van der Waals surface area contributed by atoms with Crippen molar-refractivity contribution in [2.24, 2.45) is 0 Å². The van der Waals surface area contributed by atoms with Crippen LogP contribution in [-0.2, 0) is 0 Å². The van der Waals surface area contributed by atoms with Gasteiger partial charge >= 0.3 is 0 Å². The summed E-state index contributed by atoms with van der Waals surface area (Å²) in [5.41, 5.74) is -1.40. The molecule has 5 heteroatoms. The number of carbonyl (C=O) groups is 1. The predicted octanol–water partition coefficient (Wildman–Crippen LogP) is 2.73. The van der Waals surface area contributed by atoms with E-state index in [2.05, 4.69) is 4.98 Å². The summed E-state index contributed by atoms with van der Waals surface area (Å²) >= 11 is 0. The third-order valence-electron chi connectivity index (χ3n) is 2.16. The molecule has 17 heavy (non-hydrogen) atoms. The van der Waals surface area contributed by atoms with Crippen LogP contribution >= 0.6 is 0 Å². The normalized spacial score (nSPS) is 10.3. The summed E-state index contributed by atoms with van der Waals surface area (Å²) in [6.07, 6.45) is 1.18. The molecule has 1 aromatic heterocycles. The van der Waals surface area contributed by atoms with Gasteiger partial charge in [-0.05, 0) is 24.3 Å². The van der Waals surface area contributed by atoms with E-state index in [9.17, 15) is 18.0 Å². The molecule has 2 aromatic rings. The molecule has 0 fully saturated rings. The lowest BCUT2D eigenvalue weighted by molar-refractivity contribution is 0.102. The van der Waals surface area contributed by atoms with Crippen LogP contribution in [0.3, 0.4) is 0 Å². The van der Waals surface area contributed by atoms with Crippen LogP contribution < -0.4 is 0 Å². The third kappa shape index (κ3) is 2.04. The molecule has 0 atom stereocenters. The number of nitrogens with zero attached hydrogens (tertiary/aromatic N) is 1. The Morgan fingerprint density at radius 3 is 2.12 bits per heavy atom. The molecule has 0 aliphatic rings. The van der Waals surface area contributed by atoms with Gasteiger partial charge in [0.2, 0.25) is 5.78 Å². The van der Waals surface area contributed by atoms with Gasteiger partial charge in [0.1, 0.15) is 17.3 Å². The van der Waals surface area contributed by atoms with E-state index in [-0.39, 0.29) is 0 Å². The Balaban J connectivity index is 2.56. The smallest absolute Gasteiger partial charge is 0.220 e. The Bertz CT molecular complexity index is 563. The molecule has 86 valence electrons. The van der Waals surface area contributed by atoms with Crippen LogP contribution in [0.1, 0.15) is 16.1 Å². The SMILES string of the molecule is O=C(c1ncccc1F)c1c(F)cccc1F. The van der Waals surface area contributed by atoms with Crippen molar-refractivity contribution in [2.75, 3.05) is 0 Å². The molecular weight excluding hydrogens is 231 g/mol. The van der Waals surface area contributed by atoms with Crippen molar-refractivity contribution in [3.63, 3.8) is 0 Å². The highest BCUT2D eigenvalue weighted by molar-refractivity contribution is 6.08. The molecule has 0 unspecified atom stereocenters. The van der Waals surface area contributed by atoms with Crippen molar-refractivity contribution in [1.82, 2.24) is 4.98 Å². The summed E-state index contributed by atoms with van der Waals surface area (Å²) in [4.78, 5) is 15.2. The molecule has 2 nitrogen and oxygen atoms in total. The van der Waals surface area contributed by atoms with Crippen LogP contribution in [-0.4, -0.2) is 10.8 Å². The molecule has 2 rings (SSSR count). The van der Waals surface area contributed by atoms with E-state index in [0.717, 1.165) is 24.3 Å². The van der Waals surface area contributed by atoms with E-state index in [1.54, 1.807) is 0 Å². The lowest BCUT2D eigenvalue weighted by atomic mass is 10.1. The number of pyridine rings is 1. The third-order valence-corrected chi connectivity index (χ3v) is 2.16. The lowest BCUT2D eigenvalue weighted by Crippen LogP contribution is -2.11. The van der Waals surface area contributed by atoms with E-state index < -0.39 is 34.5 Å². The zero-order valence-electron chi connectivity index (χ0n) is 8.45. The van der Waals surface area contributed by atoms with Crippen LogP contribution in [0.4, 0.5) is 13.2 Å². The van der Waals surface area contributed by atoms with Gasteiger partial charge < -0.3 is 0 Å². The van der Waals surface area contributed by atoms with Crippen LogP contribution in [0.25, 0.3) is 0 Å². The number of hydrogen-bond acceptors (Lipinski definition) is 2. The van der Waals surface area contributed by atoms with Crippen LogP contribution in [0, 0.1) is 17.5 Å². The largest absolute Gasteiger partial charge is 0.287 e. The Kier molecular flexibility index (Phi) is 2.91. The summed E-state index contributed by atoms with van der Waals surface area (Å²) in [6.45, 7) is 0. The number of benzene rings is 1. The van der Waals surface area contributed by atoms with E-state index in [4.69, 9.17) is 0 Å². The Hall–Kier alpha value is -2.17. The minimum Gasteiger partial charge on any atom is -0.287 e. The van der Waals surface area contributed by atoms with Crippen molar-refractivity contribution in [1.29, 1.82) is 0 Å². The molecule has 0 spiro atoms. The predicted molar refractivity (Wildman–Crippen MR) is 54.0 cm³/mol. The maximum Gasteiger partial charge on any atom is 0.220 e. The maximum atomic E-state index is 13.3. The summed E-state index contributed by atoms with van der Waals surface area (Å²) in [6, 6.07) is 5.26. The first-order valence-electron chi connectivity index (χ1n) is 4.70. The monoisotopic (exact) mass is 237 g/mol. The first-order valence-corrected chi connectivity index (χ1v) is 4.70. The Morgan fingerprint density at radius 1 is 0.941 bits per heavy atom. The fourth-order valence-electron chi connectivity index (χ4n) is 1.39. The second-order valence-electron chi connectivity index (χ2n) is 3.26. The number of halogens is 3. The fourth-order valence-corrected chi connectivity index (χ4v) is 1.39. The van der Waals surface area contributed by atoms with Crippen molar-refractivity contribution in [2.45, 2.75) is 0 Å². The summed E-state index contributed by atoms with van der Waals surface area (Å²) in [7, 11) is 0. The van der Waals surface area contributed by atoms with Crippen molar-refractivity contribution in [3.8, 4) is 0 Å². The van der Waals surface area contributed by atoms with Crippen LogP contribution in [0.2, 0.25) is 0 Å². The van der Waals surface area contributed by atoms with E-state index >= 15 is 0 Å². The number of aromatic nitrogens is 1. The molecule has 0 saturated carbocycles. The van der Waals surface area contributed by atoms with Gasteiger partial charge in [0.05, 0.1) is 5.56 Å². The highest BCUT2D eigenvalue weighted by atomic mass is 19.1. The first-order chi connectivity index (χ1) is 8.11. The molecule has 1 heterocycles. The topological polar surface area (TPSA) is 30.0 Å². The van der Waals surface area contributed by atoms with E-state index in [1.807, 2.05) is 0 Å². The summed E-state index contributed by atoms with van der Waals surface area (Å²) in [5, 5.41) is 0. The standard InChI is InChI=1S/C12H6F3NO/c13-7-3-1-4-8(14)10(7)12(17)11-9(15)5-2-6-16-11/h1-6H. The zero-order chi connectivity index (χ0) is 12.4. The number of ketones is 1. The molecule has 0 bridgehead atoms. The van der Waals surface area contributed by atoms with Crippen LogP contribution in [0.5, 0.6) is 0 Å². The Morgan fingerprint density at radius 2 is 1.53 bits per heavy atom. The average molecular weight is 237 g/mol. The number of hydrogen-bond donors (Lipinski definition) is 0. The minimum atomic E-state index is -1.11. The maximum absolute atomic E-state index is 13.3. The second kappa shape index (κ2) is 4.37. The van der Waals surface area contributed by atoms with E-state index in [0.29, 0.717) is 0 Å². The molecule has 0 amide bonds. The lowest BCUT2D eigenvalue weighted by Gasteiger charge is -2.03. The number of carbonyl (C=O) groups excluding carboxylic acids is 1. The fraction of sp³-hybridized carbons (Fsp3) is 0. The average Bonchev–Trinajstić information content (AvgIpc) is 2.29. The first kappa shape index (κ1) is 11.3. The molecule has 0 aliphatic heterocycles. The molecule has 0 aliphatic carbocycles. The van der Waals surface area contributed by atoms with Crippen LogP contribution in [0.15, 0.2) is 36.5 Å². The summed E-state index contributed by atoms with van der Waals surface area (Å²) < 4.78 is 39.9. The molecule has 0 radical (unpaired) electrons. The van der Waals surface area contributed by atoms with Gasteiger partial charge in [0, 0.05) is 6.20 Å². The zero-order valence-corrected chi connectivity index (χ0v) is 8.45.